The maximum Gasteiger partial charge on any atom is 0.410 e. The van der Waals surface area contributed by atoms with Gasteiger partial charge in [0.05, 0.1) is 19.3 Å². The van der Waals surface area contributed by atoms with Gasteiger partial charge in [0.15, 0.2) is 0 Å². The fraction of sp³-hybridized carbons (Fsp3) is 0.650. The molecule has 0 aliphatic carbocycles. The Morgan fingerprint density at radius 3 is 2.52 bits per heavy atom. The minimum Gasteiger partial charge on any atom is -0.494 e. The van der Waals surface area contributed by atoms with Gasteiger partial charge in [0.1, 0.15) is 5.75 Å². The Morgan fingerprint density at radius 2 is 1.92 bits per heavy atom. The zero-order valence-electron chi connectivity index (χ0n) is 16.3. The average molecular weight is 348 g/mol. The van der Waals surface area contributed by atoms with Crippen molar-refractivity contribution in [3.63, 3.8) is 0 Å². The first kappa shape index (κ1) is 19.6. The predicted octanol–water partition coefficient (Wildman–Crippen LogP) is 4.00. The van der Waals surface area contributed by atoms with E-state index < -0.39 is 0 Å². The molecule has 2 rings (SSSR count). The molecule has 0 fully saturated rings. The van der Waals surface area contributed by atoms with E-state index >= 15 is 0 Å². The van der Waals surface area contributed by atoms with Crippen LogP contribution in [0.5, 0.6) is 5.75 Å². The smallest absolute Gasteiger partial charge is 0.410 e. The van der Waals surface area contributed by atoms with E-state index in [9.17, 15) is 4.79 Å². The number of carbonyl (C=O) groups excluding carboxylic acids is 1. The summed E-state index contributed by atoms with van der Waals surface area (Å²) in [5.41, 5.74) is 3.73. The first-order valence-corrected chi connectivity index (χ1v) is 9.49. The van der Waals surface area contributed by atoms with Crippen molar-refractivity contribution in [1.82, 2.24) is 9.80 Å². The highest BCUT2D eigenvalue weighted by Crippen LogP contribution is 2.35. The molecule has 0 radical (unpaired) electrons. The number of rotatable bonds is 7. The summed E-state index contributed by atoms with van der Waals surface area (Å²) in [6, 6.07) is 4.41. The second kappa shape index (κ2) is 9.09. The predicted molar refractivity (Wildman–Crippen MR) is 100 cm³/mol. The molecule has 1 unspecified atom stereocenters. The molecular formula is C20H32N2O3. The summed E-state index contributed by atoms with van der Waals surface area (Å²) in [5, 5.41) is 0. The monoisotopic (exact) mass is 348 g/mol. The van der Waals surface area contributed by atoms with E-state index in [0.29, 0.717) is 19.8 Å². The Bertz CT molecular complexity index is 585. The molecule has 5 nitrogen and oxygen atoms in total. The molecule has 0 spiro atoms. The number of hydrogen-bond acceptors (Lipinski definition) is 4. The van der Waals surface area contributed by atoms with E-state index in [1.54, 1.807) is 0 Å². The first-order chi connectivity index (χ1) is 12.0. The molecule has 0 bridgehead atoms. The zero-order valence-corrected chi connectivity index (χ0v) is 16.3. The maximum absolute atomic E-state index is 12.2. The van der Waals surface area contributed by atoms with Crippen LogP contribution in [0.3, 0.4) is 0 Å². The van der Waals surface area contributed by atoms with Gasteiger partial charge in [-0.2, -0.15) is 0 Å². The molecule has 1 aromatic rings. The maximum atomic E-state index is 12.2. The molecule has 25 heavy (non-hydrogen) atoms. The highest BCUT2D eigenvalue weighted by Gasteiger charge is 2.29. The van der Waals surface area contributed by atoms with Gasteiger partial charge in [0.2, 0.25) is 0 Å². The lowest BCUT2D eigenvalue weighted by molar-refractivity contribution is 0.0900. The third-order valence-electron chi connectivity index (χ3n) is 4.95. The van der Waals surface area contributed by atoms with Gasteiger partial charge in [-0.1, -0.05) is 19.9 Å². The van der Waals surface area contributed by atoms with Gasteiger partial charge in [-0.25, -0.2) is 4.79 Å². The van der Waals surface area contributed by atoms with Crippen LogP contribution in [0.2, 0.25) is 0 Å². The van der Waals surface area contributed by atoms with Crippen molar-refractivity contribution in [2.24, 2.45) is 0 Å². The SMILES string of the molecule is CCOC(=O)N1CCc2cc(CN(CC)CC)c(OCC)cc2C1C. The highest BCUT2D eigenvalue weighted by molar-refractivity contribution is 5.69. The van der Waals surface area contributed by atoms with E-state index in [2.05, 4.69) is 37.8 Å². The lowest BCUT2D eigenvalue weighted by atomic mass is 9.91. The van der Waals surface area contributed by atoms with E-state index in [1.165, 1.54) is 16.7 Å². The van der Waals surface area contributed by atoms with E-state index in [0.717, 1.165) is 31.8 Å². The van der Waals surface area contributed by atoms with Crippen LogP contribution in [-0.2, 0) is 17.7 Å². The summed E-state index contributed by atoms with van der Waals surface area (Å²) < 4.78 is 11.1. The third-order valence-corrected chi connectivity index (χ3v) is 4.95. The molecule has 1 amide bonds. The Labute approximate surface area is 151 Å². The van der Waals surface area contributed by atoms with E-state index in [1.807, 2.05) is 18.7 Å². The Kier molecular flexibility index (Phi) is 7.12. The van der Waals surface area contributed by atoms with E-state index in [-0.39, 0.29) is 12.1 Å². The molecule has 1 heterocycles. The zero-order chi connectivity index (χ0) is 18.4. The van der Waals surface area contributed by atoms with Crippen LogP contribution < -0.4 is 4.74 Å². The molecule has 0 N–H and O–H groups in total. The summed E-state index contributed by atoms with van der Waals surface area (Å²) in [6.07, 6.45) is 0.627. The van der Waals surface area contributed by atoms with Crippen LogP contribution in [0.1, 0.15) is 57.4 Å². The average Bonchev–Trinajstić information content (AvgIpc) is 2.61. The third kappa shape index (κ3) is 4.46. The first-order valence-electron chi connectivity index (χ1n) is 9.49. The van der Waals surface area contributed by atoms with Gasteiger partial charge < -0.3 is 14.4 Å². The molecule has 1 aliphatic heterocycles. The molecule has 1 aliphatic rings. The van der Waals surface area contributed by atoms with Crippen molar-refractivity contribution in [2.75, 3.05) is 32.8 Å². The topological polar surface area (TPSA) is 42.0 Å². The minimum absolute atomic E-state index is 0.00418. The van der Waals surface area contributed by atoms with Gasteiger partial charge >= 0.3 is 6.09 Å². The van der Waals surface area contributed by atoms with Crippen LogP contribution in [-0.4, -0.2) is 48.7 Å². The van der Waals surface area contributed by atoms with Gasteiger partial charge in [-0.15, -0.1) is 0 Å². The van der Waals surface area contributed by atoms with Crippen molar-refractivity contribution in [1.29, 1.82) is 0 Å². The number of hydrogen-bond donors (Lipinski definition) is 0. The number of benzene rings is 1. The van der Waals surface area contributed by atoms with Crippen LogP contribution >= 0.6 is 0 Å². The standard InChI is InChI=1S/C20H32N2O3/c1-6-21(7-2)14-17-12-16-10-11-22(20(23)25-9-4)15(5)18(16)13-19(17)24-8-3/h12-13,15H,6-11,14H2,1-5H3. The number of ether oxygens (including phenoxy) is 2. The van der Waals surface area contributed by atoms with Crippen molar-refractivity contribution < 1.29 is 14.3 Å². The van der Waals surface area contributed by atoms with Gasteiger partial charge in [0, 0.05) is 18.7 Å². The Morgan fingerprint density at radius 1 is 1.20 bits per heavy atom. The fourth-order valence-corrected chi connectivity index (χ4v) is 3.46. The summed E-state index contributed by atoms with van der Waals surface area (Å²) in [4.78, 5) is 16.4. The fourth-order valence-electron chi connectivity index (χ4n) is 3.46. The molecule has 1 aromatic carbocycles. The summed E-state index contributed by atoms with van der Waals surface area (Å²) in [5.74, 6) is 0.936. The summed E-state index contributed by atoms with van der Waals surface area (Å²) in [6.45, 7) is 15.0. The summed E-state index contributed by atoms with van der Waals surface area (Å²) >= 11 is 0. The van der Waals surface area contributed by atoms with Gasteiger partial charge in [0.25, 0.3) is 0 Å². The Balaban J connectivity index is 2.33. The van der Waals surface area contributed by atoms with E-state index in [4.69, 9.17) is 9.47 Å². The van der Waals surface area contributed by atoms with Crippen molar-refractivity contribution in [3.05, 3.63) is 28.8 Å². The van der Waals surface area contributed by atoms with Crippen LogP contribution in [0.4, 0.5) is 4.79 Å². The molecule has 1 atom stereocenters. The van der Waals surface area contributed by atoms with Crippen LogP contribution in [0, 0.1) is 0 Å². The molecule has 0 saturated carbocycles. The largest absolute Gasteiger partial charge is 0.494 e. The number of nitrogens with zero attached hydrogens (tertiary/aromatic N) is 2. The molecule has 0 aromatic heterocycles. The van der Waals surface area contributed by atoms with Gasteiger partial charge in [-0.05, 0) is 57.5 Å². The highest BCUT2D eigenvalue weighted by atomic mass is 16.6. The number of fused-ring (bicyclic) bond motifs is 1. The van der Waals surface area contributed by atoms with Crippen molar-refractivity contribution in [3.8, 4) is 5.75 Å². The van der Waals surface area contributed by atoms with Crippen molar-refractivity contribution >= 4 is 6.09 Å². The minimum atomic E-state index is -0.231. The number of carbonyl (C=O) groups is 1. The van der Waals surface area contributed by atoms with Crippen LogP contribution in [0.15, 0.2) is 12.1 Å². The lowest BCUT2D eigenvalue weighted by Gasteiger charge is -2.35. The lowest BCUT2D eigenvalue weighted by Crippen LogP contribution is -2.39. The molecular weight excluding hydrogens is 316 g/mol. The molecule has 140 valence electrons. The quantitative estimate of drug-likeness (QED) is 0.747. The summed E-state index contributed by atoms with van der Waals surface area (Å²) in [7, 11) is 0. The normalized spacial score (nSPS) is 16.7. The van der Waals surface area contributed by atoms with Crippen molar-refractivity contribution in [2.45, 2.75) is 53.6 Å². The Hall–Kier alpha value is -1.75. The second-order valence-electron chi connectivity index (χ2n) is 6.37. The number of amides is 1. The molecule has 5 heteroatoms. The molecule has 0 saturated heterocycles. The van der Waals surface area contributed by atoms with Crippen LogP contribution in [0.25, 0.3) is 0 Å². The van der Waals surface area contributed by atoms with Gasteiger partial charge in [-0.3, -0.25) is 4.90 Å². The second-order valence-corrected chi connectivity index (χ2v) is 6.37.